The molecule has 19 heavy (non-hydrogen) atoms. The molecule has 2 fully saturated rings. The topological polar surface area (TPSA) is 66.7 Å². The molecule has 3 rings (SSSR count). The van der Waals surface area contributed by atoms with E-state index in [-0.39, 0.29) is 18.2 Å². The van der Waals surface area contributed by atoms with Crippen LogP contribution >= 0.6 is 0 Å². The van der Waals surface area contributed by atoms with Gasteiger partial charge in [-0.25, -0.2) is 4.79 Å². The summed E-state index contributed by atoms with van der Waals surface area (Å²) in [4.78, 5) is 13.7. The van der Waals surface area contributed by atoms with Gasteiger partial charge in [0.2, 0.25) is 0 Å². The predicted molar refractivity (Wildman–Crippen MR) is 68.9 cm³/mol. The molecule has 0 bridgehead atoms. The molecule has 1 aromatic rings. The zero-order valence-corrected chi connectivity index (χ0v) is 11.0. The fraction of sp³-hybridized carbons (Fsp3) is 0.615. The van der Waals surface area contributed by atoms with Crippen molar-refractivity contribution in [3.05, 3.63) is 23.7 Å². The molecule has 6 nitrogen and oxygen atoms in total. The first kappa shape index (κ1) is 12.5. The van der Waals surface area contributed by atoms with Gasteiger partial charge in [-0.15, -0.1) is 0 Å². The summed E-state index contributed by atoms with van der Waals surface area (Å²) in [7, 11) is 0. The highest BCUT2D eigenvalue weighted by atomic mass is 16.5. The van der Waals surface area contributed by atoms with Crippen LogP contribution in [0.5, 0.6) is 0 Å². The molecular formula is C13H19N3O3. The fourth-order valence-electron chi connectivity index (χ4n) is 2.53. The lowest BCUT2D eigenvalue weighted by Crippen LogP contribution is -2.46. The first-order valence-electron chi connectivity index (χ1n) is 6.66. The van der Waals surface area contributed by atoms with Crippen LogP contribution in [0.4, 0.5) is 4.79 Å². The monoisotopic (exact) mass is 265 g/mol. The Bertz CT molecular complexity index is 454. The predicted octanol–water partition coefficient (Wildman–Crippen LogP) is 0.643. The Balaban J connectivity index is 1.60. The van der Waals surface area contributed by atoms with Crippen LogP contribution in [0.15, 0.2) is 16.5 Å². The van der Waals surface area contributed by atoms with E-state index >= 15 is 0 Å². The number of aryl methyl sites for hydroxylation is 1. The summed E-state index contributed by atoms with van der Waals surface area (Å²) in [6.45, 7) is 5.55. The van der Waals surface area contributed by atoms with Crippen LogP contribution in [0.2, 0.25) is 0 Å². The Hall–Kier alpha value is -1.53. The maximum absolute atomic E-state index is 11.9. The molecule has 6 heteroatoms. The van der Waals surface area contributed by atoms with E-state index in [2.05, 4.69) is 10.6 Å². The van der Waals surface area contributed by atoms with Crippen molar-refractivity contribution in [3.63, 3.8) is 0 Å². The van der Waals surface area contributed by atoms with Crippen molar-refractivity contribution in [1.82, 2.24) is 15.5 Å². The van der Waals surface area contributed by atoms with Crippen molar-refractivity contribution in [2.75, 3.05) is 32.8 Å². The van der Waals surface area contributed by atoms with Crippen molar-refractivity contribution in [1.29, 1.82) is 0 Å². The van der Waals surface area contributed by atoms with E-state index in [1.165, 1.54) is 0 Å². The van der Waals surface area contributed by atoms with Gasteiger partial charge < -0.3 is 24.7 Å². The summed E-state index contributed by atoms with van der Waals surface area (Å²) in [5.41, 5.74) is 0. The van der Waals surface area contributed by atoms with Crippen molar-refractivity contribution >= 4 is 6.03 Å². The van der Waals surface area contributed by atoms with Gasteiger partial charge in [-0.3, -0.25) is 0 Å². The lowest BCUT2D eigenvalue weighted by atomic mass is 10.2. The lowest BCUT2D eigenvalue weighted by Gasteiger charge is -2.27. The molecule has 3 heterocycles. The maximum Gasteiger partial charge on any atom is 0.318 e. The Morgan fingerprint density at radius 2 is 2.37 bits per heavy atom. The van der Waals surface area contributed by atoms with Gasteiger partial charge >= 0.3 is 6.03 Å². The third-order valence-corrected chi connectivity index (χ3v) is 3.52. The minimum Gasteiger partial charge on any atom is -0.464 e. The number of nitrogens with zero attached hydrogens (tertiary/aromatic N) is 1. The number of rotatable bonds is 3. The number of urea groups is 1. The number of furan rings is 1. The van der Waals surface area contributed by atoms with E-state index < -0.39 is 0 Å². The van der Waals surface area contributed by atoms with Gasteiger partial charge in [0.05, 0.1) is 19.3 Å². The molecule has 104 valence electrons. The molecule has 2 unspecified atom stereocenters. The molecule has 2 aliphatic rings. The number of carbonyl (C=O) groups is 1. The molecule has 0 radical (unpaired) electrons. The molecule has 0 aliphatic carbocycles. The standard InChI is InChI=1S/C13H19N3O3/c1-9-2-3-12(19-9)11-8-16(13(17)15-11)7-10-6-14-4-5-18-10/h2-3,10-11,14H,4-8H2,1H3,(H,15,17). The first-order valence-corrected chi connectivity index (χ1v) is 6.66. The number of hydrogen-bond donors (Lipinski definition) is 2. The van der Waals surface area contributed by atoms with Crippen LogP contribution in [-0.2, 0) is 4.74 Å². The van der Waals surface area contributed by atoms with Gasteiger partial charge in [-0.05, 0) is 19.1 Å². The molecule has 0 saturated carbocycles. The minimum atomic E-state index is -0.0576. The van der Waals surface area contributed by atoms with Crippen LogP contribution in [0, 0.1) is 6.92 Å². The highest BCUT2D eigenvalue weighted by Crippen LogP contribution is 2.22. The first-order chi connectivity index (χ1) is 9.22. The minimum absolute atomic E-state index is 0.0479. The summed E-state index contributed by atoms with van der Waals surface area (Å²) < 4.78 is 11.2. The summed E-state index contributed by atoms with van der Waals surface area (Å²) in [5.74, 6) is 1.68. The highest BCUT2D eigenvalue weighted by molar-refractivity contribution is 5.77. The Morgan fingerprint density at radius 3 is 3.05 bits per heavy atom. The van der Waals surface area contributed by atoms with Gasteiger partial charge in [0.15, 0.2) is 0 Å². The largest absolute Gasteiger partial charge is 0.464 e. The SMILES string of the molecule is Cc1ccc(C2CN(CC3CNCCO3)C(=O)N2)o1. The average Bonchev–Trinajstić information content (AvgIpc) is 2.98. The molecule has 2 N–H and O–H groups in total. The summed E-state index contributed by atoms with van der Waals surface area (Å²) >= 11 is 0. The molecular weight excluding hydrogens is 246 g/mol. The summed E-state index contributed by atoms with van der Waals surface area (Å²) in [6, 6.07) is 3.73. The normalized spacial score (nSPS) is 27.6. The average molecular weight is 265 g/mol. The Morgan fingerprint density at radius 1 is 1.47 bits per heavy atom. The quantitative estimate of drug-likeness (QED) is 0.842. The van der Waals surface area contributed by atoms with Crippen LogP contribution < -0.4 is 10.6 Å². The molecule has 0 spiro atoms. The summed E-state index contributed by atoms with van der Waals surface area (Å²) in [6.07, 6.45) is 0.0802. The van der Waals surface area contributed by atoms with Crippen LogP contribution in [0.1, 0.15) is 17.6 Å². The van der Waals surface area contributed by atoms with Crippen molar-refractivity contribution < 1.29 is 13.9 Å². The van der Waals surface area contributed by atoms with E-state index in [0.717, 1.165) is 24.6 Å². The lowest BCUT2D eigenvalue weighted by molar-refractivity contribution is 0.0145. The smallest absolute Gasteiger partial charge is 0.318 e. The number of nitrogens with one attached hydrogen (secondary N) is 2. The zero-order valence-electron chi connectivity index (χ0n) is 11.0. The van der Waals surface area contributed by atoms with E-state index in [1.54, 1.807) is 4.90 Å². The third kappa shape index (κ3) is 2.74. The number of ether oxygens (including phenoxy) is 1. The van der Waals surface area contributed by atoms with Gasteiger partial charge in [0.25, 0.3) is 0 Å². The molecule has 2 saturated heterocycles. The van der Waals surface area contributed by atoms with Crippen molar-refractivity contribution in [3.8, 4) is 0 Å². The van der Waals surface area contributed by atoms with Gasteiger partial charge in [-0.2, -0.15) is 0 Å². The molecule has 2 amide bonds. The van der Waals surface area contributed by atoms with E-state index in [1.807, 2.05) is 19.1 Å². The number of hydrogen-bond acceptors (Lipinski definition) is 4. The van der Waals surface area contributed by atoms with Gasteiger partial charge in [0, 0.05) is 19.6 Å². The molecule has 2 atom stereocenters. The van der Waals surface area contributed by atoms with E-state index in [4.69, 9.17) is 9.15 Å². The zero-order chi connectivity index (χ0) is 13.2. The van der Waals surface area contributed by atoms with Gasteiger partial charge in [0.1, 0.15) is 17.6 Å². The van der Waals surface area contributed by atoms with E-state index in [0.29, 0.717) is 19.7 Å². The van der Waals surface area contributed by atoms with Crippen LogP contribution in [-0.4, -0.2) is 49.8 Å². The van der Waals surface area contributed by atoms with Crippen LogP contribution in [0.25, 0.3) is 0 Å². The van der Waals surface area contributed by atoms with Crippen molar-refractivity contribution in [2.45, 2.75) is 19.1 Å². The van der Waals surface area contributed by atoms with Gasteiger partial charge in [-0.1, -0.05) is 0 Å². The number of morpholine rings is 1. The second-order valence-corrected chi connectivity index (χ2v) is 5.05. The molecule has 0 aromatic carbocycles. The maximum atomic E-state index is 11.9. The highest BCUT2D eigenvalue weighted by Gasteiger charge is 2.33. The molecule has 2 aliphatic heterocycles. The number of amides is 2. The second-order valence-electron chi connectivity index (χ2n) is 5.05. The fourth-order valence-corrected chi connectivity index (χ4v) is 2.53. The second kappa shape index (κ2) is 5.22. The van der Waals surface area contributed by atoms with E-state index in [9.17, 15) is 4.79 Å². The third-order valence-electron chi connectivity index (χ3n) is 3.52. The van der Waals surface area contributed by atoms with Crippen molar-refractivity contribution in [2.24, 2.45) is 0 Å². The summed E-state index contributed by atoms with van der Waals surface area (Å²) in [5, 5.41) is 6.21. The number of carbonyl (C=O) groups excluding carboxylic acids is 1. The Labute approximate surface area is 112 Å². The Kier molecular flexibility index (Phi) is 3.44. The molecule has 1 aromatic heterocycles. The van der Waals surface area contributed by atoms with Crippen LogP contribution in [0.3, 0.4) is 0 Å².